The first kappa shape index (κ1) is 17.2. The van der Waals surface area contributed by atoms with Gasteiger partial charge in [-0.2, -0.15) is 0 Å². The highest BCUT2D eigenvalue weighted by molar-refractivity contribution is 6.15. The van der Waals surface area contributed by atoms with E-state index in [0.717, 1.165) is 24.2 Å². The summed E-state index contributed by atoms with van der Waals surface area (Å²) in [5.74, 6) is 0.798. The van der Waals surface area contributed by atoms with Gasteiger partial charge in [-0.1, -0.05) is 43.7 Å². The van der Waals surface area contributed by atoms with Gasteiger partial charge in [0, 0.05) is 6.54 Å². The number of aromatic hydroxyl groups is 1. The second-order valence-electron chi connectivity index (χ2n) is 6.25. The highest BCUT2D eigenvalue weighted by atomic mass is 16.5. The summed E-state index contributed by atoms with van der Waals surface area (Å²) in [4.78, 5) is 14.8. The first-order valence-electron chi connectivity index (χ1n) is 8.61. The third-order valence-corrected chi connectivity index (χ3v) is 4.57. The minimum absolute atomic E-state index is 0.142. The van der Waals surface area contributed by atoms with Crippen molar-refractivity contribution in [2.24, 2.45) is 0 Å². The first-order valence-corrected chi connectivity index (χ1v) is 8.61. The van der Waals surface area contributed by atoms with Crippen molar-refractivity contribution in [2.45, 2.75) is 27.3 Å². The number of nitrogens with zero attached hydrogens (tertiary/aromatic N) is 1. The number of fused-ring (bicyclic) bond motifs is 1. The average Bonchev–Trinajstić information content (AvgIpc) is 2.92. The molecule has 1 aliphatic rings. The van der Waals surface area contributed by atoms with E-state index in [1.165, 1.54) is 0 Å². The van der Waals surface area contributed by atoms with E-state index in [2.05, 4.69) is 18.7 Å². The standard InChI is InChI=1S/C21H23NO3/c1-4-22(5-2)13-17-18(23)11-10-16-20(24)19(25-21(16)17)12-15-8-6-14(3)7-9-15/h6-12,23H,4-5,13H2,1-3H3. The van der Waals surface area contributed by atoms with E-state index in [0.29, 0.717) is 29.2 Å². The maximum Gasteiger partial charge on any atom is 0.231 e. The van der Waals surface area contributed by atoms with Crippen LogP contribution in [0.3, 0.4) is 0 Å². The van der Waals surface area contributed by atoms with Gasteiger partial charge in [0.05, 0.1) is 11.1 Å². The second-order valence-corrected chi connectivity index (χ2v) is 6.25. The van der Waals surface area contributed by atoms with Gasteiger partial charge >= 0.3 is 0 Å². The molecule has 1 heterocycles. The molecule has 0 spiro atoms. The Hall–Kier alpha value is -2.59. The summed E-state index contributed by atoms with van der Waals surface area (Å²) in [5.41, 5.74) is 3.26. The number of aryl methyl sites for hydroxylation is 1. The Morgan fingerprint density at radius 3 is 2.40 bits per heavy atom. The van der Waals surface area contributed by atoms with Crippen LogP contribution in [0.4, 0.5) is 0 Å². The van der Waals surface area contributed by atoms with Crippen molar-refractivity contribution in [3.63, 3.8) is 0 Å². The highest BCUT2D eigenvalue weighted by Gasteiger charge is 2.31. The van der Waals surface area contributed by atoms with Crippen molar-refractivity contribution in [1.82, 2.24) is 4.90 Å². The number of hydrogen-bond acceptors (Lipinski definition) is 4. The molecule has 3 rings (SSSR count). The zero-order chi connectivity index (χ0) is 18.0. The van der Waals surface area contributed by atoms with E-state index >= 15 is 0 Å². The molecule has 0 amide bonds. The Labute approximate surface area is 148 Å². The molecule has 0 aliphatic carbocycles. The molecule has 0 radical (unpaired) electrons. The normalized spacial score (nSPS) is 14.9. The predicted molar refractivity (Wildman–Crippen MR) is 98.8 cm³/mol. The van der Waals surface area contributed by atoms with Gasteiger partial charge in [-0.25, -0.2) is 0 Å². The van der Waals surface area contributed by atoms with Gasteiger partial charge < -0.3 is 9.84 Å². The quantitative estimate of drug-likeness (QED) is 0.833. The number of carbonyl (C=O) groups excluding carboxylic acids is 1. The van der Waals surface area contributed by atoms with Crippen LogP contribution >= 0.6 is 0 Å². The zero-order valence-corrected chi connectivity index (χ0v) is 14.9. The maximum absolute atomic E-state index is 12.7. The molecule has 0 aromatic heterocycles. The van der Waals surface area contributed by atoms with E-state index in [4.69, 9.17) is 4.74 Å². The lowest BCUT2D eigenvalue weighted by atomic mass is 10.0. The molecule has 0 fully saturated rings. The number of Topliss-reactive ketones (excluding diaryl/α,β-unsaturated/α-hetero) is 1. The topological polar surface area (TPSA) is 49.8 Å². The molecule has 25 heavy (non-hydrogen) atoms. The van der Waals surface area contributed by atoms with E-state index in [1.54, 1.807) is 18.2 Å². The smallest absolute Gasteiger partial charge is 0.231 e. The number of benzene rings is 2. The summed E-state index contributed by atoms with van der Waals surface area (Å²) in [7, 11) is 0. The number of rotatable bonds is 5. The largest absolute Gasteiger partial charge is 0.507 e. The molecular weight excluding hydrogens is 314 g/mol. The molecule has 4 heteroatoms. The molecular formula is C21H23NO3. The fourth-order valence-corrected chi connectivity index (χ4v) is 2.93. The number of phenols is 1. The zero-order valence-electron chi connectivity index (χ0n) is 14.9. The Kier molecular flexibility index (Phi) is 4.91. The molecule has 0 bridgehead atoms. The average molecular weight is 337 g/mol. The molecule has 0 unspecified atom stereocenters. The van der Waals surface area contributed by atoms with Gasteiger partial charge in [-0.05, 0) is 43.8 Å². The summed E-state index contributed by atoms with van der Waals surface area (Å²) in [6, 6.07) is 11.1. The number of phenolic OH excluding ortho intramolecular Hbond substituents is 1. The third-order valence-electron chi connectivity index (χ3n) is 4.57. The number of ether oxygens (including phenoxy) is 1. The number of hydrogen-bond donors (Lipinski definition) is 1. The van der Waals surface area contributed by atoms with Crippen molar-refractivity contribution >= 4 is 11.9 Å². The van der Waals surface area contributed by atoms with Crippen LogP contribution in [0.1, 0.15) is 40.9 Å². The molecule has 1 aliphatic heterocycles. The van der Waals surface area contributed by atoms with E-state index < -0.39 is 0 Å². The van der Waals surface area contributed by atoms with E-state index in [-0.39, 0.29) is 11.5 Å². The van der Waals surface area contributed by atoms with Crippen LogP contribution in [0.2, 0.25) is 0 Å². The van der Waals surface area contributed by atoms with Crippen LogP contribution < -0.4 is 4.74 Å². The van der Waals surface area contributed by atoms with Crippen molar-refractivity contribution in [1.29, 1.82) is 0 Å². The van der Waals surface area contributed by atoms with Gasteiger partial charge in [0.15, 0.2) is 5.76 Å². The number of ketones is 1. The van der Waals surface area contributed by atoms with E-state index in [1.807, 2.05) is 31.2 Å². The van der Waals surface area contributed by atoms with Crippen molar-refractivity contribution < 1.29 is 14.6 Å². The van der Waals surface area contributed by atoms with Crippen LogP contribution in [0.5, 0.6) is 11.5 Å². The molecule has 4 nitrogen and oxygen atoms in total. The fraction of sp³-hybridized carbons (Fsp3) is 0.286. The highest BCUT2D eigenvalue weighted by Crippen LogP contribution is 2.40. The summed E-state index contributed by atoms with van der Waals surface area (Å²) >= 11 is 0. The second kappa shape index (κ2) is 7.11. The number of carbonyl (C=O) groups is 1. The maximum atomic E-state index is 12.7. The van der Waals surface area contributed by atoms with Crippen molar-refractivity contribution in [2.75, 3.05) is 13.1 Å². The van der Waals surface area contributed by atoms with E-state index in [9.17, 15) is 9.90 Å². The Bertz CT molecular complexity index is 818. The van der Waals surface area contributed by atoms with Crippen molar-refractivity contribution in [3.8, 4) is 11.5 Å². The first-order chi connectivity index (χ1) is 12.0. The summed E-state index contributed by atoms with van der Waals surface area (Å²) < 4.78 is 5.88. The molecule has 2 aromatic rings. The lowest BCUT2D eigenvalue weighted by Gasteiger charge is -2.20. The Morgan fingerprint density at radius 2 is 1.76 bits per heavy atom. The molecule has 2 aromatic carbocycles. The molecule has 130 valence electrons. The summed E-state index contributed by atoms with van der Waals surface area (Å²) in [6.07, 6.45) is 1.75. The predicted octanol–water partition coefficient (Wildman–Crippen LogP) is 4.16. The van der Waals surface area contributed by atoms with Crippen molar-refractivity contribution in [3.05, 3.63) is 64.4 Å². The van der Waals surface area contributed by atoms with Crippen LogP contribution in [0, 0.1) is 6.92 Å². The van der Waals surface area contributed by atoms with Gasteiger partial charge in [-0.15, -0.1) is 0 Å². The minimum Gasteiger partial charge on any atom is -0.507 e. The lowest BCUT2D eigenvalue weighted by Crippen LogP contribution is -2.22. The minimum atomic E-state index is -0.142. The Morgan fingerprint density at radius 1 is 1.08 bits per heavy atom. The van der Waals surface area contributed by atoms with Gasteiger partial charge in [-0.3, -0.25) is 9.69 Å². The van der Waals surface area contributed by atoms with Crippen LogP contribution in [0.25, 0.3) is 6.08 Å². The molecule has 0 saturated heterocycles. The van der Waals surface area contributed by atoms with Crippen LogP contribution in [-0.2, 0) is 6.54 Å². The molecule has 1 N–H and O–H groups in total. The van der Waals surface area contributed by atoms with Gasteiger partial charge in [0.25, 0.3) is 0 Å². The SMILES string of the molecule is CCN(CC)Cc1c(O)ccc2c1OC(=Cc1ccc(C)cc1)C2=O. The number of allylic oxidation sites excluding steroid dienone is 1. The molecule has 0 saturated carbocycles. The van der Waals surface area contributed by atoms with Gasteiger partial charge in [0.1, 0.15) is 11.5 Å². The fourth-order valence-electron chi connectivity index (χ4n) is 2.93. The third kappa shape index (κ3) is 3.44. The van der Waals surface area contributed by atoms with Crippen LogP contribution in [0.15, 0.2) is 42.2 Å². The lowest BCUT2D eigenvalue weighted by molar-refractivity contribution is 0.101. The Balaban J connectivity index is 1.96. The summed E-state index contributed by atoms with van der Waals surface area (Å²) in [6.45, 7) is 8.43. The summed E-state index contributed by atoms with van der Waals surface area (Å²) in [5, 5.41) is 10.3. The molecule has 0 atom stereocenters. The van der Waals surface area contributed by atoms with Gasteiger partial charge in [0.2, 0.25) is 5.78 Å². The van der Waals surface area contributed by atoms with Crippen LogP contribution in [-0.4, -0.2) is 28.9 Å². The monoisotopic (exact) mass is 337 g/mol.